The van der Waals surface area contributed by atoms with Crippen molar-refractivity contribution >= 4 is 24.9 Å². The molecule has 3 rings (SSSR count). The smallest absolute Gasteiger partial charge is 0.0848 e. The molecule has 3 unspecified atom stereocenters. The fourth-order valence-electron chi connectivity index (χ4n) is 3.91. The molecule has 0 heterocycles. The molecule has 0 saturated heterocycles. The zero-order valence-corrected chi connectivity index (χ0v) is 16.4. The lowest BCUT2D eigenvalue weighted by molar-refractivity contribution is 0.462. The molecule has 0 aliphatic heterocycles. The second kappa shape index (κ2) is 8.63. The summed E-state index contributed by atoms with van der Waals surface area (Å²) in [6.07, 6.45) is 5.93. The standard InChI is InChI=1S/C22H29N2P/c1-18(23-17-24(2)3)21-15-10-16-22(21)25(19-11-6-4-7-12-19)20-13-8-5-9-14-20/h4-9,11-14,17-18,21-22H,10,15-16H2,1-3H3. The van der Waals surface area contributed by atoms with Crippen LogP contribution in [0.15, 0.2) is 65.7 Å². The van der Waals surface area contributed by atoms with E-state index >= 15 is 0 Å². The lowest BCUT2D eigenvalue weighted by Crippen LogP contribution is -2.30. The normalized spacial score (nSPS) is 21.8. The van der Waals surface area contributed by atoms with Gasteiger partial charge in [-0.2, -0.15) is 0 Å². The van der Waals surface area contributed by atoms with Crippen LogP contribution in [0.4, 0.5) is 0 Å². The number of hydrogen-bond acceptors (Lipinski definition) is 1. The summed E-state index contributed by atoms with van der Waals surface area (Å²) in [5.74, 6) is 0.669. The van der Waals surface area contributed by atoms with Gasteiger partial charge >= 0.3 is 0 Å². The molecule has 3 heteroatoms. The molecule has 0 aromatic heterocycles. The summed E-state index contributed by atoms with van der Waals surface area (Å²) in [6, 6.07) is 22.7. The molecule has 1 aliphatic rings. The highest BCUT2D eigenvalue weighted by atomic mass is 31.1. The maximum Gasteiger partial charge on any atom is 0.0848 e. The van der Waals surface area contributed by atoms with E-state index in [1.165, 1.54) is 29.9 Å². The minimum absolute atomic E-state index is 0.337. The third-order valence-corrected chi connectivity index (χ3v) is 8.10. The topological polar surface area (TPSA) is 15.6 Å². The quantitative estimate of drug-likeness (QED) is 0.431. The van der Waals surface area contributed by atoms with Gasteiger partial charge in [0.15, 0.2) is 0 Å². The number of hydrogen-bond donors (Lipinski definition) is 0. The lowest BCUT2D eigenvalue weighted by atomic mass is 10.00. The fourth-order valence-corrected chi connectivity index (χ4v) is 7.18. The first kappa shape index (κ1) is 18.1. The summed E-state index contributed by atoms with van der Waals surface area (Å²) in [5, 5.41) is 3.01. The maximum atomic E-state index is 4.84. The van der Waals surface area contributed by atoms with E-state index in [0.717, 1.165) is 0 Å². The average molecular weight is 352 g/mol. The van der Waals surface area contributed by atoms with Gasteiger partial charge < -0.3 is 4.90 Å². The van der Waals surface area contributed by atoms with Crippen LogP contribution < -0.4 is 10.6 Å². The lowest BCUT2D eigenvalue weighted by Gasteiger charge is -2.32. The number of aliphatic imine (C=N–C) groups is 1. The van der Waals surface area contributed by atoms with Crippen LogP contribution in [-0.4, -0.2) is 37.0 Å². The van der Waals surface area contributed by atoms with Crippen LogP contribution in [0.5, 0.6) is 0 Å². The largest absolute Gasteiger partial charge is 0.369 e. The molecule has 1 saturated carbocycles. The van der Waals surface area contributed by atoms with E-state index in [0.29, 0.717) is 17.6 Å². The van der Waals surface area contributed by atoms with Gasteiger partial charge in [0, 0.05) is 14.1 Å². The Kier molecular flexibility index (Phi) is 6.26. The molecule has 1 aliphatic carbocycles. The van der Waals surface area contributed by atoms with Gasteiger partial charge in [-0.1, -0.05) is 67.1 Å². The van der Waals surface area contributed by atoms with Crippen molar-refractivity contribution in [2.75, 3.05) is 14.1 Å². The Morgan fingerprint density at radius 1 is 0.960 bits per heavy atom. The first-order valence-electron chi connectivity index (χ1n) is 9.26. The Bertz CT molecular complexity index is 629. The van der Waals surface area contributed by atoms with Gasteiger partial charge in [0.2, 0.25) is 0 Å². The Morgan fingerprint density at radius 2 is 1.52 bits per heavy atom. The Morgan fingerprint density at radius 3 is 2.04 bits per heavy atom. The molecule has 0 bridgehead atoms. The number of benzene rings is 2. The van der Waals surface area contributed by atoms with Crippen molar-refractivity contribution in [1.29, 1.82) is 0 Å². The Labute approximate surface area is 153 Å². The Hall–Kier alpha value is -1.66. The van der Waals surface area contributed by atoms with Crippen LogP contribution in [0.25, 0.3) is 0 Å². The van der Waals surface area contributed by atoms with Crippen molar-refractivity contribution < 1.29 is 0 Å². The van der Waals surface area contributed by atoms with Crippen molar-refractivity contribution in [1.82, 2.24) is 4.90 Å². The fraction of sp³-hybridized carbons (Fsp3) is 0.409. The summed E-state index contributed by atoms with van der Waals surface area (Å²) in [7, 11) is 3.75. The molecule has 0 amide bonds. The van der Waals surface area contributed by atoms with Gasteiger partial charge in [0.05, 0.1) is 12.4 Å². The molecule has 3 atom stereocenters. The zero-order valence-electron chi connectivity index (χ0n) is 15.5. The first-order chi connectivity index (χ1) is 12.2. The molecule has 0 spiro atoms. The van der Waals surface area contributed by atoms with Crippen molar-refractivity contribution in [2.45, 2.75) is 37.9 Å². The molecule has 2 aromatic carbocycles. The molecule has 2 aromatic rings. The van der Waals surface area contributed by atoms with Crippen LogP contribution in [0.1, 0.15) is 26.2 Å². The minimum atomic E-state index is -0.337. The number of rotatable bonds is 6. The van der Waals surface area contributed by atoms with Gasteiger partial charge in [-0.05, 0) is 49.9 Å². The first-order valence-corrected chi connectivity index (χ1v) is 10.7. The number of nitrogens with zero attached hydrogens (tertiary/aromatic N) is 2. The van der Waals surface area contributed by atoms with Gasteiger partial charge in [-0.25, -0.2) is 0 Å². The van der Waals surface area contributed by atoms with Crippen LogP contribution in [0.3, 0.4) is 0 Å². The van der Waals surface area contributed by atoms with Crippen LogP contribution in [-0.2, 0) is 0 Å². The summed E-state index contributed by atoms with van der Waals surface area (Å²) in [4.78, 5) is 6.88. The van der Waals surface area contributed by atoms with Crippen molar-refractivity contribution in [3.05, 3.63) is 60.7 Å². The maximum absolute atomic E-state index is 4.84. The summed E-state index contributed by atoms with van der Waals surface area (Å²) < 4.78 is 0. The highest BCUT2D eigenvalue weighted by Crippen LogP contribution is 2.51. The van der Waals surface area contributed by atoms with Gasteiger partial charge in [-0.15, -0.1) is 0 Å². The second-order valence-corrected chi connectivity index (χ2v) is 9.61. The molecular weight excluding hydrogens is 323 g/mol. The summed E-state index contributed by atoms with van der Waals surface area (Å²) in [5.41, 5.74) is 0.717. The predicted molar refractivity (Wildman–Crippen MR) is 112 cm³/mol. The molecule has 0 N–H and O–H groups in total. The van der Waals surface area contributed by atoms with E-state index in [1.54, 1.807) is 0 Å². The van der Waals surface area contributed by atoms with E-state index in [-0.39, 0.29) is 7.92 Å². The predicted octanol–water partition coefficient (Wildman–Crippen LogP) is 4.27. The van der Waals surface area contributed by atoms with Gasteiger partial charge in [0.1, 0.15) is 0 Å². The van der Waals surface area contributed by atoms with Crippen molar-refractivity contribution in [3.8, 4) is 0 Å². The molecule has 2 nitrogen and oxygen atoms in total. The monoisotopic (exact) mass is 352 g/mol. The molecule has 0 radical (unpaired) electrons. The summed E-state index contributed by atoms with van der Waals surface area (Å²) in [6.45, 7) is 2.30. The van der Waals surface area contributed by atoms with Gasteiger partial charge in [-0.3, -0.25) is 4.99 Å². The SMILES string of the molecule is CC(N=CN(C)C)C1CCCC1P(c1ccccc1)c1ccccc1. The van der Waals surface area contributed by atoms with E-state index in [4.69, 9.17) is 4.99 Å². The molecule has 1 fully saturated rings. The van der Waals surface area contributed by atoms with E-state index in [2.05, 4.69) is 67.6 Å². The van der Waals surface area contributed by atoms with E-state index < -0.39 is 0 Å². The van der Waals surface area contributed by atoms with E-state index in [9.17, 15) is 0 Å². The third kappa shape index (κ3) is 4.50. The van der Waals surface area contributed by atoms with Crippen LogP contribution in [0, 0.1) is 5.92 Å². The van der Waals surface area contributed by atoms with E-state index in [1.807, 2.05) is 25.3 Å². The summed E-state index contributed by atoms with van der Waals surface area (Å²) >= 11 is 0. The Balaban J connectivity index is 1.92. The molecular formula is C22H29N2P. The van der Waals surface area contributed by atoms with Crippen LogP contribution in [0.2, 0.25) is 0 Å². The highest BCUT2D eigenvalue weighted by Gasteiger charge is 2.37. The van der Waals surface area contributed by atoms with Crippen LogP contribution >= 0.6 is 7.92 Å². The second-order valence-electron chi connectivity index (χ2n) is 7.17. The average Bonchev–Trinajstić information content (AvgIpc) is 3.11. The third-order valence-electron chi connectivity index (χ3n) is 5.08. The molecule has 132 valence electrons. The van der Waals surface area contributed by atoms with Crippen molar-refractivity contribution in [2.24, 2.45) is 10.9 Å². The van der Waals surface area contributed by atoms with Gasteiger partial charge in [0.25, 0.3) is 0 Å². The zero-order chi connectivity index (χ0) is 17.6. The minimum Gasteiger partial charge on any atom is -0.369 e. The van der Waals surface area contributed by atoms with Crippen molar-refractivity contribution in [3.63, 3.8) is 0 Å². The highest BCUT2D eigenvalue weighted by molar-refractivity contribution is 7.73. The molecule has 25 heavy (non-hydrogen) atoms.